The predicted molar refractivity (Wildman–Crippen MR) is 122 cm³/mol. The second-order valence-electron chi connectivity index (χ2n) is 8.56. The lowest BCUT2D eigenvalue weighted by atomic mass is 9.87. The van der Waals surface area contributed by atoms with E-state index in [9.17, 15) is 14.4 Å². The van der Waals surface area contributed by atoms with Crippen LogP contribution >= 0.6 is 11.3 Å². The summed E-state index contributed by atoms with van der Waals surface area (Å²) in [7, 11) is 0. The number of benzene rings is 1. The van der Waals surface area contributed by atoms with Crippen molar-refractivity contribution in [2.24, 2.45) is 0 Å². The van der Waals surface area contributed by atoms with E-state index in [2.05, 4.69) is 36.1 Å². The van der Waals surface area contributed by atoms with E-state index in [0.29, 0.717) is 15.8 Å². The number of aromatic nitrogens is 2. The van der Waals surface area contributed by atoms with Crippen molar-refractivity contribution in [2.45, 2.75) is 53.1 Å². The van der Waals surface area contributed by atoms with Crippen LogP contribution in [-0.2, 0) is 14.9 Å². The maximum Gasteiger partial charge on any atom is 0.326 e. The molecule has 0 unspecified atom stereocenters. The number of esters is 1. The molecule has 1 amide bonds. The minimum atomic E-state index is -0.754. The Labute approximate surface area is 184 Å². The summed E-state index contributed by atoms with van der Waals surface area (Å²) in [5.74, 6) is -0.702. The number of fused-ring (bicyclic) bond motifs is 1. The minimum absolute atomic E-state index is 0.00647. The van der Waals surface area contributed by atoms with Crippen molar-refractivity contribution in [1.29, 1.82) is 0 Å². The first-order chi connectivity index (χ1) is 14.5. The Hall–Kier alpha value is -3.00. The molecule has 2 N–H and O–H groups in total. The number of nitrogens with zero attached hydrogens (tertiary/aromatic N) is 1. The molecule has 0 saturated carbocycles. The first kappa shape index (κ1) is 22.7. The molecule has 1 atom stereocenters. The van der Waals surface area contributed by atoms with Gasteiger partial charge in [0.05, 0.1) is 5.39 Å². The molecule has 0 fully saturated rings. The molecule has 2 heterocycles. The van der Waals surface area contributed by atoms with Gasteiger partial charge in [0.25, 0.3) is 11.5 Å². The zero-order valence-corrected chi connectivity index (χ0v) is 19.4. The smallest absolute Gasteiger partial charge is 0.326 e. The Morgan fingerprint density at radius 3 is 2.45 bits per heavy atom. The average molecular weight is 442 g/mol. The Bertz CT molecular complexity index is 1190. The number of aryl methyl sites for hydroxylation is 2. The minimum Gasteiger partial charge on any atom is -0.453 e. The number of nitrogens with one attached hydrogen (secondary N) is 2. The summed E-state index contributed by atoms with van der Waals surface area (Å²) in [6, 6.07) is 7.28. The number of H-pyrrole nitrogens is 1. The molecule has 0 radical (unpaired) electrons. The molecule has 0 bridgehead atoms. The topological polar surface area (TPSA) is 101 Å². The number of amides is 1. The number of ether oxygens (including phenoxy) is 1. The Balaban J connectivity index is 1.61. The first-order valence-corrected chi connectivity index (χ1v) is 10.9. The highest BCUT2D eigenvalue weighted by molar-refractivity contribution is 7.18. The second-order valence-corrected chi connectivity index (χ2v) is 9.76. The van der Waals surface area contributed by atoms with Crippen LogP contribution in [0.3, 0.4) is 0 Å². The summed E-state index contributed by atoms with van der Waals surface area (Å²) >= 11 is 1.43. The molecule has 3 rings (SSSR count). The van der Waals surface area contributed by atoms with Crippen LogP contribution in [0.5, 0.6) is 0 Å². The van der Waals surface area contributed by atoms with Gasteiger partial charge in [-0.1, -0.05) is 32.9 Å². The Kier molecular flexibility index (Phi) is 6.31. The van der Waals surface area contributed by atoms with E-state index >= 15 is 0 Å². The third kappa shape index (κ3) is 5.02. The molecule has 3 aromatic rings. The van der Waals surface area contributed by atoms with Crippen LogP contribution in [0.15, 0.2) is 29.1 Å². The molecular weight excluding hydrogens is 414 g/mol. The third-order valence-electron chi connectivity index (χ3n) is 5.16. The Morgan fingerprint density at radius 2 is 1.84 bits per heavy atom. The molecule has 164 valence electrons. The van der Waals surface area contributed by atoms with Crippen molar-refractivity contribution in [1.82, 2.24) is 15.3 Å². The molecule has 1 aromatic carbocycles. The van der Waals surface area contributed by atoms with Crippen LogP contribution < -0.4 is 10.9 Å². The lowest BCUT2D eigenvalue weighted by Gasteiger charge is -2.19. The summed E-state index contributed by atoms with van der Waals surface area (Å²) in [6.45, 7) is 11.5. The number of aromatic amines is 1. The third-order valence-corrected chi connectivity index (χ3v) is 6.26. The maximum atomic E-state index is 12.4. The number of carbonyl (C=O) groups is 2. The van der Waals surface area contributed by atoms with Gasteiger partial charge in [0.15, 0.2) is 11.9 Å². The summed E-state index contributed by atoms with van der Waals surface area (Å²) in [5, 5.41) is 3.13. The molecule has 2 aromatic heterocycles. The van der Waals surface area contributed by atoms with Gasteiger partial charge in [0.2, 0.25) is 0 Å². The van der Waals surface area contributed by atoms with Crippen LogP contribution in [0.2, 0.25) is 0 Å². The van der Waals surface area contributed by atoms with E-state index in [1.807, 2.05) is 26.0 Å². The highest BCUT2D eigenvalue weighted by atomic mass is 32.1. The number of hydrogen-bond acceptors (Lipinski definition) is 6. The van der Waals surface area contributed by atoms with Gasteiger partial charge in [0.1, 0.15) is 11.4 Å². The number of thiophene rings is 1. The molecule has 8 heteroatoms. The van der Waals surface area contributed by atoms with Gasteiger partial charge >= 0.3 is 5.97 Å². The monoisotopic (exact) mass is 441 g/mol. The van der Waals surface area contributed by atoms with Gasteiger partial charge < -0.3 is 15.0 Å². The maximum absolute atomic E-state index is 12.4. The van der Waals surface area contributed by atoms with Crippen molar-refractivity contribution in [3.05, 3.63) is 62.0 Å². The summed E-state index contributed by atoms with van der Waals surface area (Å²) < 4.78 is 5.35. The van der Waals surface area contributed by atoms with E-state index in [4.69, 9.17) is 4.74 Å². The van der Waals surface area contributed by atoms with Gasteiger partial charge in [-0.3, -0.25) is 14.4 Å². The lowest BCUT2D eigenvalue weighted by molar-refractivity contribution is -0.147. The van der Waals surface area contributed by atoms with Crippen LogP contribution in [-0.4, -0.2) is 28.4 Å². The average Bonchev–Trinajstić information content (AvgIpc) is 2.99. The fourth-order valence-corrected chi connectivity index (χ4v) is 4.17. The van der Waals surface area contributed by atoms with Crippen molar-refractivity contribution in [3.8, 4) is 0 Å². The summed E-state index contributed by atoms with van der Waals surface area (Å²) in [6.07, 6.45) is -0.754. The quantitative estimate of drug-likeness (QED) is 0.584. The van der Waals surface area contributed by atoms with E-state index in [1.165, 1.54) is 11.3 Å². The van der Waals surface area contributed by atoms with E-state index in [-0.39, 0.29) is 29.3 Å². The van der Waals surface area contributed by atoms with E-state index in [0.717, 1.165) is 16.0 Å². The van der Waals surface area contributed by atoms with Gasteiger partial charge in [-0.2, -0.15) is 0 Å². The molecule has 0 saturated heterocycles. The van der Waals surface area contributed by atoms with Crippen LogP contribution in [0.4, 0.5) is 0 Å². The zero-order chi connectivity index (χ0) is 22.9. The standard InChI is InChI=1S/C23H27N3O4S/c1-12-14(3)31-22-18(12)21(29)25-19(26-22)13(2)30-17(27)11-24-20(28)15-7-9-16(10-8-15)23(4,5)6/h7-10,13H,11H2,1-6H3,(H,24,28)(H,25,26,29)/t13-/m1/s1. The SMILES string of the molecule is Cc1sc2nc([C@@H](C)OC(=O)CNC(=O)c3ccc(C(C)(C)C)cc3)[nH]c(=O)c2c1C. The molecule has 31 heavy (non-hydrogen) atoms. The summed E-state index contributed by atoms with van der Waals surface area (Å²) in [5.41, 5.74) is 2.23. The van der Waals surface area contributed by atoms with Gasteiger partial charge in [-0.25, -0.2) is 4.98 Å². The molecule has 7 nitrogen and oxygen atoms in total. The molecular formula is C23H27N3O4S. The molecule has 0 aliphatic heterocycles. The van der Waals surface area contributed by atoms with E-state index < -0.39 is 12.1 Å². The zero-order valence-electron chi connectivity index (χ0n) is 18.6. The number of rotatable bonds is 5. The summed E-state index contributed by atoms with van der Waals surface area (Å²) in [4.78, 5) is 45.7. The van der Waals surface area contributed by atoms with Crippen molar-refractivity contribution < 1.29 is 14.3 Å². The van der Waals surface area contributed by atoms with Crippen LogP contribution in [0, 0.1) is 13.8 Å². The fourth-order valence-electron chi connectivity index (χ4n) is 3.13. The molecule has 0 spiro atoms. The fraction of sp³-hybridized carbons (Fsp3) is 0.391. The first-order valence-electron chi connectivity index (χ1n) is 10.1. The highest BCUT2D eigenvalue weighted by Crippen LogP contribution is 2.27. The largest absolute Gasteiger partial charge is 0.453 e. The number of hydrogen-bond donors (Lipinski definition) is 2. The van der Waals surface area contributed by atoms with Crippen LogP contribution in [0.1, 0.15) is 66.0 Å². The van der Waals surface area contributed by atoms with Gasteiger partial charge in [0, 0.05) is 10.4 Å². The second kappa shape index (κ2) is 8.63. The van der Waals surface area contributed by atoms with Gasteiger partial charge in [-0.05, 0) is 49.4 Å². The van der Waals surface area contributed by atoms with Crippen molar-refractivity contribution in [3.63, 3.8) is 0 Å². The molecule has 0 aliphatic carbocycles. The van der Waals surface area contributed by atoms with Crippen LogP contribution in [0.25, 0.3) is 10.2 Å². The molecule has 0 aliphatic rings. The Morgan fingerprint density at radius 1 is 1.19 bits per heavy atom. The highest BCUT2D eigenvalue weighted by Gasteiger charge is 2.19. The van der Waals surface area contributed by atoms with Crippen molar-refractivity contribution >= 4 is 33.4 Å². The van der Waals surface area contributed by atoms with Gasteiger partial charge in [-0.15, -0.1) is 11.3 Å². The van der Waals surface area contributed by atoms with E-state index in [1.54, 1.807) is 19.1 Å². The lowest BCUT2D eigenvalue weighted by Crippen LogP contribution is -2.31. The number of carbonyl (C=O) groups excluding carboxylic acids is 2. The normalized spacial score (nSPS) is 12.6. The predicted octanol–water partition coefficient (Wildman–Crippen LogP) is 3.93. The van der Waals surface area contributed by atoms with Crippen molar-refractivity contribution in [2.75, 3.05) is 6.54 Å².